The first-order valence-electron chi connectivity index (χ1n) is 7.60. The van der Waals surface area contributed by atoms with E-state index in [9.17, 15) is 9.00 Å². The smallest absolute Gasteiger partial charge is 0.331 e. The van der Waals surface area contributed by atoms with E-state index in [0.717, 1.165) is 5.56 Å². The molecule has 0 N–H and O–H groups in total. The molecule has 2 rings (SSSR count). The van der Waals surface area contributed by atoms with Crippen molar-refractivity contribution in [1.82, 2.24) is 0 Å². The summed E-state index contributed by atoms with van der Waals surface area (Å²) in [5, 5.41) is 0. The first kappa shape index (κ1) is 18.9. The number of ether oxygens (including phenoxy) is 3. The SMILES string of the molecule is COC(=O)/C=C(\COCc1ccccc1)S(=O)c1ccc(OC)cc1. The highest BCUT2D eigenvalue weighted by Gasteiger charge is 2.13. The Morgan fingerprint density at radius 1 is 1.04 bits per heavy atom. The van der Waals surface area contributed by atoms with Gasteiger partial charge in [0.2, 0.25) is 0 Å². The zero-order chi connectivity index (χ0) is 18.1. The number of rotatable bonds is 8. The molecule has 1 unspecified atom stereocenters. The van der Waals surface area contributed by atoms with Gasteiger partial charge in [0.1, 0.15) is 5.75 Å². The first-order valence-corrected chi connectivity index (χ1v) is 8.75. The van der Waals surface area contributed by atoms with Crippen LogP contribution in [0, 0.1) is 0 Å². The lowest BCUT2D eigenvalue weighted by Crippen LogP contribution is -2.08. The van der Waals surface area contributed by atoms with Crippen molar-refractivity contribution in [1.29, 1.82) is 0 Å². The molecule has 2 aromatic carbocycles. The molecule has 132 valence electrons. The normalized spacial score (nSPS) is 12.5. The van der Waals surface area contributed by atoms with Crippen molar-refractivity contribution in [3.63, 3.8) is 0 Å². The summed E-state index contributed by atoms with van der Waals surface area (Å²) in [6.45, 7) is 0.418. The Morgan fingerprint density at radius 2 is 1.72 bits per heavy atom. The van der Waals surface area contributed by atoms with Gasteiger partial charge in [-0.25, -0.2) is 9.00 Å². The molecule has 0 saturated carbocycles. The molecule has 0 heterocycles. The van der Waals surface area contributed by atoms with Crippen LogP contribution in [0.15, 0.2) is 70.5 Å². The summed E-state index contributed by atoms with van der Waals surface area (Å²) in [7, 11) is 1.31. The number of carbonyl (C=O) groups excluding carboxylic acids is 1. The molecule has 0 spiro atoms. The standard InChI is InChI=1S/C19H20O5S/c1-22-16-8-10-17(11-9-16)25(21)18(12-19(20)23-2)14-24-13-15-6-4-3-5-7-15/h3-12H,13-14H2,1-2H3/b18-12+. The molecule has 0 aliphatic heterocycles. The Kier molecular flexibility index (Phi) is 7.37. The summed E-state index contributed by atoms with van der Waals surface area (Å²) in [4.78, 5) is 12.5. The Bertz CT molecular complexity index is 738. The highest BCUT2D eigenvalue weighted by molar-refractivity contribution is 7.89. The highest BCUT2D eigenvalue weighted by Crippen LogP contribution is 2.19. The predicted molar refractivity (Wildman–Crippen MR) is 95.6 cm³/mol. The van der Waals surface area contributed by atoms with Crippen LogP contribution in [0.25, 0.3) is 0 Å². The average Bonchev–Trinajstić information content (AvgIpc) is 2.67. The van der Waals surface area contributed by atoms with E-state index < -0.39 is 16.8 Å². The third-order valence-electron chi connectivity index (χ3n) is 3.35. The molecule has 0 fully saturated rings. The van der Waals surface area contributed by atoms with Gasteiger partial charge in [-0.15, -0.1) is 0 Å². The fraction of sp³-hybridized carbons (Fsp3) is 0.211. The molecule has 5 nitrogen and oxygen atoms in total. The van der Waals surface area contributed by atoms with Gasteiger partial charge in [-0.1, -0.05) is 30.3 Å². The second-order valence-electron chi connectivity index (χ2n) is 5.06. The van der Waals surface area contributed by atoms with Crippen molar-refractivity contribution in [2.24, 2.45) is 0 Å². The molecule has 0 saturated heterocycles. The van der Waals surface area contributed by atoms with Crippen molar-refractivity contribution in [3.8, 4) is 5.75 Å². The number of benzene rings is 2. The molecule has 25 heavy (non-hydrogen) atoms. The van der Waals surface area contributed by atoms with Crippen LogP contribution >= 0.6 is 0 Å². The summed E-state index contributed by atoms with van der Waals surface area (Å²) >= 11 is 0. The minimum Gasteiger partial charge on any atom is -0.497 e. The van der Waals surface area contributed by atoms with Crippen LogP contribution in [0.3, 0.4) is 0 Å². The number of methoxy groups -OCH3 is 2. The van der Waals surface area contributed by atoms with E-state index >= 15 is 0 Å². The van der Waals surface area contributed by atoms with Crippen LogP contribution in [0.4, 0.5) is 0 Å². The van der Waals surface area contributed by atoms with Crippen LogP contribution in [0.1, 0.15) is 5.56 Å². The summed E-state index contributed by atoms with van der Waals surface area (Å²) in [5.41, 5.74) is 0.996. The van der Waals surface area contributed by atoms with Crippen LogP contribution in [-0.4, -0.2) is 31.0 Å². The van der Waals surface area contributed by atoms with Gasteiger partial charge in [0.15, 0.2) is 0 Å². The second kappa shape index (κ2) is 9.76. The Labute approximate surface area is 149 Å². The first-order chi connectivity index (χ1) is 12.1. The molecule has 1 atom stereocenters. The molecule has 0 radical (unpaired) electrons. The van der Waals surface area contributed by atoms with Crippen molar-refractivity contribution >= 4 is 16.8 Å². The molecule has 0 aromatic heterocycles. The van der Waals surface area contributed by atoms with Gasteiger partial charge in [0.25, 0.3) is 0 Å². The highest BCUT2D eigenvalue weighted by atomic mass is 32.2. The Hall–Kier alpha value is -2.44. The van der Waals surface area contributed by atoms with Gasteiger partial charge < -0.3 is 14.2 Å². The fourth-order valence-electron chi connectivity index (χ4n) is 2.03. The minimum absolute atomic E-state index is 0.0582. The van der Waals surface area contributed by atoms with Crippen molar-refractivity contribution in [2.45, 2.75) is 11.5 Å². The lowest BCUT2D eigenvalue weighted by molar-refractivity contribution is -0.134. The zero-order valence-corrected chi connectivity index (χ0v) is 15.0. The molecular weight excluding hydrogens is 340 g/mol. The molecule has 0 aliphatic carbocycles. The topological polar surface area (TPSA) is 61.8 Å². The van der Waals surface area contributed by atoms with E-state index in [-0.39, 0.29) is 6.61 Å². The van der Waals surface area contributed by atoms with Crippen LogP contribution < -0.4 is 4.74 Å². The molecular formula is C19H20O5S. The second-order valence-corrected chi connectivity index (χ2v) is 6.59. The van der Waals surface area contributed by atoms with Gasteiger partial charge in [0.05, 0.1) is 43.1 Å². The van der Waals surface area contributed by atoms with Gasteiger partial charge >= 0.3 is 5.97 Å². The molecule has 6 heteroatoms. The average molecular weight is 360 g/mol. The Balaban J connectivity index is 2.10. The third kappa shape index (κ3) is 5.85. The summed E-state index contributed by atoms with van der Waals surface area (Å²) in [5.74, 6) is 0.0970. The molecule has 0 amide bonds. The van der Waals surface area contributed by atoms with Crippen LogP contribution in [-0.2, 0) is 31.7 Å². The van der Waals surface area contributed by atoms with E-state index in [1.807, 2.05) is 30.3 Å². The van der Waals surface area contributed by atoms with E-state index in [2.05, 4.69) is 4.74 Å². The molecule has 2 aromatic rings. The Morgan fingerprint density at radius 3 is 2.32 bits per heavy atom. The number of carbonyl (C=O) groups is 1. The fourth-order valence-corrected chi connectivity index (χ4v) is 3.11. The van der Waals surface area contributed by atoms with Crippen molar-refractivity contribution in [3.05, 3.63) is 71.1 Å². The lowest BCUT2D eigenvalue weighted by Gasteiger charge is -2.10. The third-order valence-corrected chi connectivity index (χ3v) is 4.76. The maximum absolute atomic E-state index is 12.8. The van der Waals surface area contributed by atoms with Gasteiger partial charge in [-0.3, -0.25) is 0 Å². The summed E-state index contributed by atoms with van der Waals surface area (Å²) < 4.78 is 28.1. The summed E-state index contributed by atoms with van der Waals surface area (Å²) in [6, 6.07) is 16.4. The summed E-state index contributed by atoms with van der Waals surface area (Å²) in [6.07, 6.45) is 1.21. The van der Waals surface area contributed by atoms with Gasteiger partial charge in [-0.2, -0.15) is 0 Å². The van der Waals surface area contributed by atoms with Crippen molar-refractivity contribution in [2.75, 3.05) is 20.8 Å². The zero-order valence-electron chi connectivity index (χ0n) is 14.1. The molecule has 0 aliphatic rings. The number of esters is 1. The van der Waals surface area contributed by atoms with Crippen molar-refractivity contribution < 1.29 is 23.2 Å². The quantitative estimate of drug-likeness (QED) is 0.535. The monoisotopic (exact) mass is 360 g/mol. The van der Waals surface area contributed by atoms with Crippen LogP contribution in [0.5, 0.6) is 5.75 Å². The van der Waals surface area contributed by atoms with Crippen LogP contribution in [0.2, 0.25) is 0 Å². The lowest BCUT2D eigenvalue weighted by atomic mass is 10.2. The van der Waals surface area contributed by atoms with E-state index in [0.29, 0.717) is 22.2 Å². The van der Waals surface area contributed by atoms with E-state index in [1.54, 1.807) is 31.4 Å². The largest absolute Gasteiger partial charge is 0.497 e. The van der Waals surface area contributed by atoms with E-state index in [1.165, 1.54) is 13.2 Å². The van der Waals surface area contributed by atoms with Gasteiger partial charge in [0, 0.05) is 11.0 Å². The molecule has 0 bridgehead atoms. The minimum atomic E-state index is -1.53. The number of hydrogen-bond acceptors (Lipinski definition) is 5. The maximum Gasteiger partial charge on any atom is 0.331 e. The predicted octanol–water partition coefficient (Wildman–Crippen LogP) is 3.08. The number of hydrogen-bond donors (Lipinski definition) is 0. The van der Waals surface area contributed by atoms with E-state index in [4.69, 9.17) is 9.47 Å². The van der Waals surface area contributed by atoms with Gasteiger partial charge in [-0.05, 0) is 29.8 Å². The maximum atomic E-state index is 12.8.